The van der Waals surface area contributed by atoms with Gasteiger partial charge in [-0.25, -0.2) is 4.79 Å². The molecule has 0 spiro atoms. The number of ketones is 1. The van der Waals surface area contributed by atoms with Gasteiger partial charge in [0.1, 0.15) is 11.5 Å². The van der Waals surface area contributed by atoms with Crippen LogP contribution in [-0.4, -0.2) is 11.8 Å². The van der Waals surface area contributed by atoms with Crippen LogP contribution in [0.15, 0.2) is 47.3 Å². The lowest BCUT2D eigenvalue weighted by molar-refractivity contribution is -0.145. The van der Waals surface area contributed by atoms with Gasteiger partial charge in [-0.2, -0.15) is 0 Å². The molecule has 0 aromatic heterocycles. The number of fused-ring (bicyclic) bond motifs is 5. The van der Waals surface area contributed by atoms with E-state index in [4.69, 9.17) is 4.74 Å². The van der Waals surface area contributed by atoms with Crippen LogP contribution in [0.5, 0.6) is 0 Å². The Morgan fingerprint density at radius 1 is 1.06 bits per heavy atom. The Bertz CT molecular complexity index is 1040. The highest BCUT2D eigenvalue weighted by molar-refractivity contribution is 5.93. The Balaban J connectivity index is 1.52. The van der Waals surface area contributed by atoms with Crippen molar-refractivity contribution >= 4 is 11.8 Å². The topological polar surface area (TPSA) is 43.4 Å². The summed E-state index contributed by atoms with van der Waals surface area (Å²) in [6.45, 7) is 17.6. The zero-order valence-electron chi connectivity index (χ0n) is 21.3. The van der Waals surface area contributed by atoms with Crippen molar-refractivity contribution < 1.29 is 14.3 Å². The van der Waals surface area contributed by atoms with E-state index >= 15 is 0 Å². The number of esters is 1. The molecular formula is C30H40O3. The number of allylic oxidation sites excluding steroid dienone is 5. The molecule has 0 saturated heterocycles. The van der Waals surface area contributed by atoms with Gasteiger partial charge in [-0.3, -0.25) is 4.79 Å². The first-order valence-corrected chi connectivity index (χ1v) is 12.9. The molecule has 0 aromatic rings. The molecule has 3 nitrogen and oxygen atoms in total. The fourth-order valence-corrected chi connectivity index (χ4v) is 8.97. The van der Waals surface area contributed by atoms with Crippen LogP contribution in [0.4, 0.5) is 0 Å². The van der Waals surface area contributed by atoms with Crippen molar-refractivity contribution in [1.29, 1.82) is 0 Å². The van der Waals surface area contributed by atoms with E-state index in [0.29, 0.717) is 23.4 Å². The summed E-state index contributed by atoms with van der Waals surface area (Å²) in [6, 6.07) is 0. The van der Waals surface area contributed by atoms with Gasteiger partial charge in [0.25, 0.3) is 0 Å². The minimum absolute atomic E-state index is 0.0437. The molecule has 0 aromatic carbocycles. The Morgan fingerprint density at radius 2 is 1.76 bits per heavy atom. The lowest BCUT2D eigenvalue weighted by Crippen LogP contribution is -2.57. The average molecular weight is 449 g/mol. The zero-order valence-corrected chi connectivity index (χ0v) is 21.3. The molecule has 4 aliphatic carbocycles. The first-order chi connectivity index (χ1) is 15.3. The highest BCUT2D eigenvalue weighted by atomic mass is 16.5. The van der Waals surface area contributed by atoms with Crippen LogP contribution in [0, 0.1) is 39.4 Å². The van der Waals surface area contributed by atoms with Crippen molar-refractivity contribution in [2.45, 2.75) is 86.5 Å². The molecule has 5 aliphatic rings. The molecule has 0 radical (unpaired) electrons. The molecule has 1 heterocycles. The van der Waals surface area contributed by atoms with Crippen molar-refractivity contribution in [3.63, 3.8) is 0 Å². The van der Waals surface area contributed by atoms with Gasteiger partial charge in [-0.15, -0.1) is 0 Å². The maximum Gasteiger partial charge on any atom is 0.339 e. The van der Waals surface area contributed by atoms with Gasteiger partial charge in [0.15, 0.2) is 0 Å². The van der Waals surface area contributed by atoms with E-state index in [0.717, 1.165) is 56.1 Å². The summed E-state index contributed by atoms with van der Waals surface area (Å²) >= 11 is 0. The SMILES string of the molecule is C=C(C)C=C1C=C(C2CCC3(C)C4=CCC5C(C)(C)C(=O)CCC5(C)C4CCC23C)C(=O)O1. The summed E-state index contributed by atoms with van der Waals surface area (Å²) in [6.07, 6.45) is 13.5. The number of ether oxygens (including phenoxy) is 1. The quantitative estimate of drug-likeness (QED) is 0.334. The van der Waals surface area contributed by atoms with Crippen LogP contribution < -0.4 is 0 Å². The molecule has 3 fully saturated rings. The predicted octanol–water partition coefficient (Wildman–Crippen LogP) is 7.10. The Labute approximate surface area is 199 Å². The molecule has 178 valence electrons. The highest BCUT2D eigenvalue weighted by Gasteiger charge is 2.65. The second kappa shape index (κ2) is 7.06. The van der Waals surface area contributed by atoms with E-state index in [9.17, 15) is 9.59 Å². The van der Waals surface area contributed by atoms with Crippen molar-refractivity contribution in [1.82, 2.24) is 0 Å². The van der Waals surface area contributed by atoms with Crippen LogP contribution >= 0.6 is 0 Å². The third-order valence-corrected chi connectivity index (χ3v) is 11.1. The monoisotopic (exact) mass is 448 g/mol. The van der Waals surface area contributed by atoms with Gasteiger partial charge in [-0.05, 0) is 91.6 Å². The molecule has 1 aliphatic heterocycles. The van der Waals surface area contributed by atoms with Crippen molar-refractivity contribution in [2.75, 3.05) is 0 Å². The number of carbonyl (C=O) groups excluding carboxylic acids is 2. The van der Waals surface area contributed by atoms with Crippen LogP contribution in [0.25, 0.3) is 0 Å². The Kier molecular flexibility index (Phi) is 4.89. The number of rotatable bonds is 2. The van der Waals surface area contributed by atoms with Crippen molar-refractivity contribution in [3.05, 3.63) is 47.3 Å². The van der Waals surface area contributed by atoms with E-state index in [1.807, 2.05) is 19.1 Å². The molecule has 0 bridgehead atoms. The van der Waals surface area contributed by atoms with Crippen LogP contribution in [-0.2, 0) is 14.3 Å². The zero-order chi connectivity index (χ0) is 24.0. The largest absolute Gasteiger partial charge is 0.423 e. The number of hydrogen-bond donors (Lipinski definition) is 0. The summed E-state index contributed by atoms with van der Waals surface area (Å²) in [5.41, 5.74) is 3.46. The van der Waals surface area contributed by atoms with Gasteiger partial charge < -0.3 is 4.74 Å². The van der Waals surface area contributed by atoms with Crippen LogP contribution in [0.3, 0.4) is 0 Å². The van der Waals surface area contributed by atoms with Gasteiger partial charge in [0, 0.05) is 17.4 Å². The standard InChI is InChI=1S/C30H40O3/c1-18(2)16-19-17-20(26(32)33-19)21-10-14-30(7)23-8-9-24-27(3,4)25(31)12-13-28(24,5)22(23)11-15-29(21,30)6/h8,16-17,21-22,24H,1,9-15H2,2-7H3. The molecule has 3 heteroatoms. The number of cyclic esters (lactones) is 1. The smallest absolute Gasteiger partial charge is 0.339 e. The molecule has 0 amide bonds. The number of hydrogen-bond acceptors (Lipinski definition) is 3. The van der Waals surface area contributed by atoms with Gasteiger partial charge >= 0.3 is 5.97 Å². The number of Topliss-reactive ketones (excluding diaryl/α,β-unsaturated/α-hetero) is 1. The van der Waals surface area contributed by atoms with E-state index in [-0.39, 0.29) is 33.5 Å². The second-order valence-electron chi connectivity index (χ2n) is 12.9. The maximum atomic E-state index is 12.9. The summed E-state index contributed by atoms with van der Waals surface area (Å²) in [4.78, 5) is 25.7. The fraction of sp³-hybridized carbons (Fsp3) is 0.667. The molecule has 6 atom stereocenters. The van der Waals surface area contributed by atoms with E-state index in [1.54, 1.807) is 5.57 Å². The molecule has 0 N–H and O–H groups in total. The van der Waals surface area contributed by atoms with Crippen LogP contribution in [0.2, 0.25) is 0 Å². The first-order valence-electron chi connectivity index (χ1n) is 12.9. The predicted molar refractivity (Wildman–Crippen MR) is 131 cm³/mol. The van der Waals surface area contributed by atoms with Gasteiger partial charge in [0.2, 0.25) is 0 Å². The first kappa shape index (κ1) is 22.9. The molecule has 3 saturated carbocycles. The molecule has 5 rings (SSSR count). The summed E-state index contributed by atoms with van der Waals surface area (Å²) < 4.78 is 5.60. The molecule has 6 unspecified atom stereocenters. The van der Waals surface area contributed by atoms with Crippen molar-refractivity contribution in [2.24, 2.45) is 39.4 Å². The van der Waals surface area contributed by atoms with E-state index < -0.39 is 0 Å². The normalized spacial score (nSPS) is 45.0. The minimum atomic E-state index is -0.237. The third-order valence-electron chi connectivity index (χ3n) is 11.1. The fourth-order valence-electron chi connectivity index (χ4n) is 8.97. The minimum Gasteiger partial charge on any atom is -0.423 e. The maximum absolute atomic E-state index is 12.9. The number of carbonyl (C=O) groups is 2. The van der Waals surface area contributed by atoms with Crippen LogP contribution in [0.1, 0.15) is 86.5 Å². The lowest BCUT2D eigenvalue weighted by Gasteiger charge is -2.63. The summed E-state index contributed by atoms with van der Waals surface area (Å²) in [5.74, 6) is 2.10. The third kappa shape index (κ3) is 2.93. The Hall–Kier alpha value is -1.90. The van der Waals surface area contributed by atoms with Crippen molar-refractivity contribution in [3.8, 4) is 0 Å². The summed E-state index contributed by atoms with van der Waals surface area (Å²) in [7, 11) is 0. The van der Waals surface area contributed by atoms with Gasteiger partial charge in [0.05, 0.1) is 0 Å². The van der Waals surface area contributed by atoms with E-state index in [2.05, 4.69) is 47.3 Å². The Morgan fingerprint density at radius 3 is 2.45 bits per heavy atom. The van der Waals surface area contributed by atoms with E-state index in [1.165, 1.54) is 0 Å². The lowest BCUT2D eigenvalue weighted by atomic mass is 9.41. The second-order valence-corrected chi connectivity index (χ2v) is 12.9. The average Bonchev–Trinajstić information content (AvgIpc) is 3.20. The summed E-state index contributed by atoms with van der Waals surface area (Å²) in [5, 5.41) is 0. The van der Waals surface area contributed by atoms with Gasteiger partial charge in [-0.1, -0.05) is 58.4 Å². The highest BCUT2D eigenvalue weighted by Crippen LogP contribution is 2.73. The molecular weight excluding hydrogens is 408 g/mol. The molecule has 33 heavy (non-hydrogen) atoms.